The Hall–Kier alpha value is -2.00. The number of carboxylic acids is 1. The van der Waals surface area contributed by atoms with Crippen LogP contribution in [0.3, 0.4) is 0 Å². The summed E-state index contributed by atoms with van der Waals surface area (Å²) in [5.74, 6) is -1.51. The van der Waals surface area contributed by atoms with Gasteiger partial charge in [0.25, 0.3) is 0 Å². The van der Waals surface area contributed by atoms with Crippen molar-refractivity contribution in [3.05, 3.63) is 57.4 Å². The number of halogens is 2. The van der Waals surface area contributed by atoms with E-state index in [1.54, 1.807) is 31.2 Å². The molecule has 24 heavy (non-hydrogen) atoms. The zero-order valence-electron chi connectivity index (χ0n) is 13.0. The van der Waals surface area contributed by atoms with Crippen LogP contribution in [0.4, 0.5) is 0 Å². The van der Waals surface area contributed by atoms with E-state index in [0.29, 0.717) is 40.0 Å². The average molecular weight is 367 g/mol. The van der Waals surface area contributed by atoms with E-state index in [2.05, 4.69) is 11.4 Å². The molecular formula is C17H16Cl2N2O3. The van der Waals surface area contributed by atoms with Crippen molar-refractivity contribution in [2.75, 3.05) is 19.1 Å². The highest BCUT2D eigenvalue weighted by Gasteiger charge is 2.34. The van der Waals surface area contributed by atoms with E-state index in [4.69, 9.17) is 27.9 Å². The molecule has 7 heteroatoms. The lowest BCUT2D eigenvalue weighted by Gasteiger charge is -2.29. The Bertz CT molecular complexity index is 750. The Morgan fingerprint density at radius 1 is 1.50 bits per heavy atom. The van der Waals surface area contributed by atoms with Crippen LogP contribution < -0.4 is 5.32 Å². The zero-order valence-corrected chi connectivity index (χ0v) is 14.5. The number of nitrogens with zero attached hydrogens (tertiary/aromatic N) is 1. The molecule has 1 aromatic rings. The predicted molar refractivity (Wildman–Crippen MR) is 91.8 cm³/mol. The predicted octanol–water partition coefficient (Wildman–Crippen LogP) is 3.42. The highest BCUT2D eigenvalue weighted by molar-refractivity contribution is 6.30. The number of carboxylic acid groups (broad SMARTS) is 1. The molecule has 1 aromatic carbocycles. The minimum absolute atomic E-state index is 0.0709. The third-order valence-corrected chi connectivity index (χ3v) is 4.04. The molecule has 0 fully saturated rings. The molecule has 5 nitrogen and oxygen atoms in total. The molecule has 1 aliphatic heterocycles. The Morgan fingerprint density at radius 3 is 2.83 bits per heavy atom. The number of hydrogen-bond donors (Lipinski definition) is 2. The number of allylic oxidation sites excluding steroid dienone is 2. The summed E-state index contributed by atoms with van der Waals surface area (Å²) in [6.45, 7) is 2.10. The summed E-state index contributed by atoms with van der Waals surface area (Å²) < 4.78 is 5.38. The Labute approximate surface area is 150 Å². The van der Waals surface area contributed by atoms with Crippen LogP contribution in [0.1, 0.15) is 18.4 Å². The number of rotatable bonds is 6. The van der Waals surface area contributed by atoms with Gasteiger partial charge in [-0.1, -0.05) is 23.7 Å². The quantitative estimate of drug-likeness (QED) is 0.595. The van der Waals surface area contributed by atoms with Crippen molar-refractivity contribution in [3.8, 4) is 6.07 Å². The highest BCUT2D eigenvalue weighted by Crippen LogP contribution is 2.38. The van der Waals surface area contributed by atoms with Gasteiger partial charge in [0.15, 0.2) is 0 Å². The van der Waals surface area contributed by atoms with Gasteiger partial charge in [-0.3, -0.25) is 0 Å². The van der Waals surface area contributed by atoms with Gasteiger partial charge in [0.2, 0.25) is 0 Å². The lowest BCUT2D eigenvalue weighted by Crippen LogP contribution is -2.31. The lowest BCUT2D eigenvalue weighted by atomic mass is 9.81. The Morgan fingerprint density at radius 2 is 2.25 bits per heavy atom. The fourth-order valence-electron chi connectivity index (χ4n) is 2.66. The van der Waals surface area contributed by atoms with Crippen LogP contribution in [0.5, 0.6) is 0 Å². The van der Waals surface area contributed by atoms with Crippen LogP contribution in [0, 0.1) is 11.3 Å². The smallest absolute Gasteiger partial charge is 0.334 e. The molecule has 0 aromatic heterocycles. The maximum atomic E-state index is 11.9. The van der Waals surface area contributed by atoms with Crippen LogP contribution >= 0.6 is 23.2 Å². The second-order valence-electron chi connectivity index (χ2n) is 5.20. The number of dihydropyridines is 1. The summed E-state index contributed by atoms with van der Waals surface area (Å²) in [7, 11) is 0. The summed E-state index contributed by atoms with van der Waals surface area (Å²) in [5.41, 5.74) is 2.07. The largest absolute Gasteiger partial charge is 0.478 e. The van der Waals surface area contributed by atoms with E-state index in [-0.39, 0.29) is 12.2 Å². The van der Waals surface area contributed by atoms with Gasteiger partial charge in [-0.05, 0) is 24.6 Å². The first-order chi connectivity index (χ1) is 11.5. The molecule has 1 unspecified atom stereocenters. The van der Waals surface area contributed by atoms with E-state index in [0.717, 1.165) is 0 Å². The highest BCUT2D eigenvalue weighted by atomic mass is 35.5. The van der Waals surface area contributed by atoms with Gasteiger partial charge >= 0.3 is 5.97 Å². The number of ether oxygens (including phenoxy) is 1. The summed E-state index contributed by atoms with van der Waals surface area (Å²) in [5, 5.41) is 22.7. The summed E-state index contributed by atoms with van der Waals surface area (Å²) in [6, 6.07) is 8.96. The molecule has 0 saturated carbocycles. The number of nitriles is 1. The molecule has 0 aliphatic carbocycles. The minimum atomic E-state index is -1.11. The van der Waals surface area contributed by atoms with Crippen LogP contribution in [-0.4, -0.2) is 30.2 Å². The van der Waals surface area contributed by atoms with Gasteiger partial charge in [-0.25, -0.2) is 4.79 Å². The van der Waals surface area contributed by atoms with Crippen molar-refractivity contribution in [3.63, 3.8) is 0 Å². The number of aliphatic carboxylic acids is 1. The normalized spacial score (nSPS) is 17.5. The Balaban J connectivity index is 2.56. The number of hydrogen-bond acceptors (Lipinski definition) is 4. The molecule has 2 rings (SSSR count). The third-order valence-electron chi connectivity index (χ3n) is 3.65. The van der Waals surface area contributed by atoms with Crippen LogP contribution in [0.2, 0.25) is 5.02 Å². The van der Waals surface area contributed by atoms with E-state index in [1.807, 2.05) is 0 Å². The standard InChI is InChI=1S/C17H16Cl2N2O3/c1-10-13(8-20)15(11-3-2-4-12(19)7-11)16(17(22)23)14(21-10)9-24-6-5-18/h2-4,7,15,21H,5-6,9H2,1H3,(H,22,23). The van der Waals surface area contributed by atoms with Crippen molar-refractivity contribution < 1.29 is 14.6 Å². The minimum Gasteiger partial charge on any atom is -0.478 e. The second-order valence-corrected chi connectivity index (χ2v) is 6.02. The fourth-order valence-corrected chi connectivity index (χ4v) is 2.97. The van der Waals surface area contributed by atoms with Gasteiger partial charge in [0.05, 0.1) is 42.0 Å². The number of alkyl halides is 1. The monoisotopic (exact) mass is 366 g/mol. The summed E-state index contributed by atoms with van der Waals surface area (Å²) in [4.78, 5) is 11.9. The number of nitrogens with one attached hydrogen (secondary N) is 1. The van der Waals surface area contributed by atoms with E-state index >= 15 is 0 Å². The molecule has 0 amide bonds. The van der Waals surface area contributed by atoms with Crippen LogP contribution in [-0.2, 0) is 9.53 Å². The molecular weight excluding hydrogens is 351 g/mol. The molecule has 1 atom stereocenters. The summed E-state index contributed by atoms with van der Waals surface area (Å²) in [6.07, 6.45) is 0. The van der Waals surface area contributed by atoms with Gasteiger partial charge < -0.3 is 15.2 Å². The van der Waals surface area contributed by atoms with E-state index in [1.165, 1.54) is 0 Å². The van der Waals surface area contributed by atoms with Gasteiger partial charge in [0.1, 0.15) is 0 Å². The first kappa shape index (κ1) is 18.3. The van der Waals surface area contributed by atoms with Crippen LogP contribution in [0.25, 0.3) is 0 Å². The fraction of sp³-hybridized carbons (Fsp3) is 0.294. The summed E-state index contributed by atoms with van der Waals surface area (Å²) >= 11 is 11.6. The molecule has 1 heterocycles. The number of benzene rings is 1. The van der Waals surface area contributed by atoms with Crippen molar-refractivity contribution in [1.82, 2.24) is 5.32 Å². The molecule has 0 saturated heterocycles. The number of carbonyl (C=O) groups is 1. The first-order valence-electron chi connectivity index (χ1n) is 7.23. The molecule has 1 aliphatic rings. The molecule has 0 bridgehead atoms. The van der Waals surface area contributed by atoms with Crippen molar-refractivity contribution >= 4 is 29.2 Å². The maximum Gasteiger partial charge on any atom is 0.334 e. The van der Waals surface area contributed by atoms with E-state index < -0.39 is 11.9 Å². The van der Waals surface area contributed by atoms with E-state index in [9.17, 15) is 15.2 Å². The molecule has 0 radical (unpaired) electrons. The topological polar surface area (TPSA) is 82.4 Å². The SMILES string of the molecule is CC1=C(C#N)C(c2cccc(Cl)c2)C(C(=O)O)=C(COCCCl)N1. The van der Waals surface area contributed by atoms with Crippen molar-refractivity contribution in [2.24, 2.45) is 0 Å². The third kappa shape index (κ3) is 3.90. The molecule has 126 valence electrons. The zero-order chi connectivity index (χ0) is 17.7. The second kappa shape index (κ2) is 8.20. The average Bonchev–Trinajstić information content (AvgIpc) is 2.54. The van der Waals surface area contributed by atoms with Gasteiger partial charge in [0, 0.05) is 16.6 Å². The molecule has 2 N–H and O–H groups in total. The van der Waals surface area contributed by atoms with Crippen molar-refractivity contribution in [1.29, 1.82) is 5.26 Å². The van der Waals surface area contributed by atoms with Crippen molar-refractivity contribution in [2.45, 2.75) is 12.8 Å². The van der Waals surface area contributed by atoms with Gasteiger partial charge in [-0.2, -0.15) is 5.26 Å². The Kier molecular flexibility index (Phi) is 6.27. The maximum absolute atomic E-state index is 11.9. The van der Waals surface area contributed by atoms with Gasteiger partial charge in [-0.15, -0.1) is 11.6 Å². The first-order valence-corrected chi connectivity index (χ1v) is 8.14. The van der Waals surface area contributed by atoms with Crippen LogP contribution in [0.15, 0.2) is 46.8 Å². The molecule has 0 spiro atoms. The lowest BCUT2D eigenvalue weighted by molar-refractivity contribution is -0.133.